The molecule has 0 aliphatic carbocycles. The zero-order valence-electron chi connectivity index (χ0n) is 22.0. The second kappa shape index (κ2) is 11.8. The van der Waals surface area contributed by atoms with Crippen molar-refractivity contribution >= 4 is 15.8 Å². The van der Waals surface area contributed by atoms with E-state index in [9.17, 15) is 8.42 Å². The molecule has 0 atom stereocenters. The first kappa shape index (κ1) is 26.5. The van der Waals surface area contributed by atoms with Crippen LogP contribution in [0.2, 0.25) is 0 Å². The van der Waals surface area contributed by atoms with E-state index in [1.165, 1.54) is 5.56 Å². The zero-order chi connectivity index (χ0) is 27.2. The lowest BCUT2D eigenvalue weighted by Gasteiger charge is -2.36. The Morgan fingerprint density at radius 2 is 1.38 bits per heavy atom. The third kappa shape index (κ3) is 6.32. The maximum absolute atomic E-state index is 12.8. The van der Waals surface area contributed by atoms with E-state index in [0.29, 0.717) is 0 Å². The fraction of sp³-hybridized carbons (Fsp3) is 0.233. The molecule has 1 saturated heterocycles. The van der Waals surface area contributed by atoms with E-state index < -0.39 is 10.1 Å². The van der Waals surface area contributed by atoms with E-state index in [0.717, 1.165) is 61.0 Å². The van der Waals surface area contributed by atoms with Crippen LogP contribution in [0.15, 0.2) is 96.2 Å². The standard InChI is InChI=1S/C30H31N3O5S/c1-36-29-12-3-23(21-30(29)37-2)22-32-17-19-33(20-18-32)26-6-8-27(9-7-26)38-39(34,35)28-10-4-24(5-11-28)25-13-15-31-16-14-25/h3-16,21H,17-20,22H2,1-2H3. The number of aromatic nitrogens is 1. The van der Waals surface area contributed by atoms with Crippen LogP contribution in [0.25, 0.3) is 11.1 Å². The van der Waals surface area contributed by atoms with Crippen LogP contribution in [0, 0.1) is 0 Å². The number of pyridine rings is 1. The number of benzene rings is 3. The molecule has 1 fully saturated rings. The van der Waals surface area contributed by atoms with Gasteiger partial charge < -0.3 is 18.6 Å². The van der Waals surface area contributed by atoms with Gasteiger partial charge in [0.05, 0.1) is 14.2 Å². The molecule has 0 bridgehead atoms. The Hall–Kier alpha value is -4.08. The highest BCUT2D eigenvalue weighted by Gasteiger charge is 2.20. The van der Waals surface area contributed by atoms with Crippen molar-refractivity contribution in [1.82, 2.24) is 9.88 Å². The first-order valence-electron chi connectivity index (χ1n) is 12.7. The molecule has 1 aliphatic rings. The smallest absolute Gasteiger partial charge is 0.339 e. The summed E-state index contributed by atoms with van der Waals surface area (Å²) in [6, 6.07) is 23.6. The minimum Gasteiger partial charge on any atom is -0.493 e. The van der Waals surface area contributed by atoms with Gasteiger partial charge in [-0.1, -0.05) is 18.2 Å². The van der Waals surface area contributed by atoms with Crippen LogP contribution in [0.5, 0.6) is 17.2 Å². The number of anilines is 1. The van der Waals surface area contributed by atoms with Crippen molar-refractivity contribution in [2.75, 3.05) is 45.3 Å². The highest BCUT2D eigenvalue weighted by molar-refractivity contribution is 7.87. The second-order valence-electron chi connectivity index (χ2n) is 9.24. The third-order valence-corrected chi connectivity index (χ3v) is 8.05. The predicted molar refractivity (Wildman–Crippen MR) is 151 cm³/mol. The molecule has 1 aliphatic heterocycles. The predicted octanol–water partition coefficient (Wildman–Crippen LogP) is 4.86. The largest absolute Gasteiger partial charge is 0.493 e. The van der Waals surface area contributed by atoms with Crippen LogP contribution in [-0.4, -0.2) is 58.7 Å². The fourth-order valence-corrected chi connectivity index (χ4v) is 5.58. The van der Waals surface area contributed by atoms with Crippen LogP contribution in [0.4, 0.5) is 5.69 Å². The van der Waals surface area contributed by atoms with Gasteiger partial charge in [-0.3, -0.25) is 9.88 Å². The summed E-state index contributed by atoms with van der Waals surface area (Å²) in [5.74, 6) is 1.74. The van der Waals surface area contributed by atoms with Crippen LogP contribution in [0.1, 0.15) is 5.56 Å². The summed E-state index contributed by atoms with van der Waals surface area (Å²) in [7, 11) is -0.663. The number of hydrogen-bond donors (Lipinski definition) is 0. The van der Waals surface area contributed by atoms with Gasteiger partial charge in [0.2, 0.25) is 0 Å². The minimum absolute atomic E-state index is 0.106. The summed E-state index contributed by atoms with van der Waals surface area (Å²) in [4.78, 5) is 8.81. The summed E-state index contributed by atoms with van der Waals surface area (Å²) in [5.41, 5.74) is 4.08. The summed E-state index contributed by atoms with van der Waals surface area (Å²) in [6.07, 6.45) is 3.40. The van der Waals surface area contributed by atoms with E-state index in [1.54, 1.807) is 63.0 Å². The average molecular weight is 546 g/mol. The molecule has 9 heteroatoms. The second-order valence-corrected chi connectivity index (χ2v) is 10.8. The summed E-state index contributed by atoms with van der Waals surface area (Å²) < 4.78 is 41.8. The van der Waals surface area contributed by atoms with Crippen LogP contribution in [-0.2, 0) is 16.7 Å². The van der Waals surface area contributed by atoms with Gasteiger partial charge in [-0.25, -0.2) is 0 Å². The van der Waals surface area contributed by atoms with Crippen LogP contribution >= 0.6 is 0 Å². The molecule has 0 spiro atoms. The summed E-state index contributed by atoms with van der Waals surface area (Å²) >= 11 is 0. The quantitative estimate of drug-likeness (QED) is 0.276. The third-order valence-electron chi connectivity index (χ3n) is 6.79. The molecule has 0 saturated carbocycles. The molecule has 2 heterocycles. The van der Waals surface area contributed by atoms with Crippen molar-refractivity contribution < 1.29 is 22.1 Å². The number of ether oxygens (including phenoxy) is 2. The van der Waals surface area contributed by atoms with Gasteiger partial charge in [0, 0.05) is 50.8 Å². The monoisotopic (exact) mass is 545 g/mol. The molecular formula is C30H31N3O5S. The average Bonchev–Trinajstić information content (AvgIpc) is 2.98. The Labute approximate surface area is 229 Å². The van der Waals surface area contributed by atoms with Crippen molar-refractivity contribution in [2.24, 2.45) is 0 Å². The molecule has 0 unspecified atom stereocenters. The van der Waals surface area contributed by atoms with E-state index >= 15 is 0 Å². The van der Waals surface area contributed by atoms with Gasteiger partial charge in [-0.2, -0.15) is 8.42 Å². The van der Waals surface area contributed by atoms with Gasteiger partial charge >= 0.3 is 10.1 Å². The Morgan fingerprint density at radius 1 is 0.744 bits per heavy atom. The number of hydrogen-bond acceptors (Lipinski definition) is 8. The Morgan fingerprint density at radius 3 is 2.03 bits per heavy atom. The fourth-order valence-electron chi connectivity index (χ4n) is 4.65. The van der Waals surface area contributed by atoms with Crippen molar-refractivity contribution in [3.63, 3.8) is 0 Å². The molecule has 3 aromatic carbocycles. The van der Waals surface area contributed by atoms with Gasteiger partial charge in [-0.05, 0) is 77.4 Å². The minimum atomic E-state index is -3.95. The topological polar surface area (TPSA) is 81.2 Å². The molecule has 4 aromatic rings. The van der Waals surface area contributed by atoms with Crippen LogP contribution in [0.3, 0.4) is 0 Å². The van der Waals surface area contributed by atoms with Crippen molar-refractivity contribution in [3.8, 4) is 28.4 Å². The molecule has 1 aromatic heterocycles. The first-order chi connectivity index (χ1) is 18.9. The maximum Gasteiger partial charge on any atom is 0.339 e. The molecule has 8 nitrogen and oxygen atoms in total. The van der Waals surface area contributed by atoms with Crippen molar-refractivity contribution in [1.29, 1.82) is 0 Å². The molecule has 0 amide bonds. The van der Waals surface area contributed by atoms with E-state index in [1.807, 2.05) is 36.4 Å². The van der Waals surface area contributed by atoms with Gasteiger partial charge in [0.1, 0.15) is 10.6 Å². The maximum atomic E-state index is 12.8. The Balaban J connectivity index is 1.16. The summed E-state index contributed by atoms with van der Waals surface area (Å²) in [6.45, 7) is 4.40. The van der Waals surface area contributed by atoms with Crippen molar-refractivity contribution in [3.05, 3.63) is 96.8 Å². The number of piperazine rings is 1. The molecule has 39 heavy (non-hydrogen) atoms. The lowest BCUT2D eigenvalue weighted by molar-refractivity contribution is 0.249. The van der Waals surface area contributed by atoms with E-state index in [-0.39, 0.29) is 10.6 Å². The number of nitrogens with zero attached hydrogens (tertiary/aromatic N) is 3. The molecule has 0 radical (unpaired) electrons. The number of methoxy groups -OCH3 is 2. The van der Waals surface area contributed by atoms with E-state index in [4.69, 9.17) is 13.7 Å². The molecule has 202 valence electrons. The van der Waals surface area contributed by atoms with Gasteiger partial charge in [-0.15, -0.1) is 0 Å². The van der Waals surface area contributed by atoms with Gasteiger partial charge in [0.15, 0.2) is 11.5 Å². The molecular weight excluding hydrogens is 514 g/mol. The van der Waals surface area contributed by atoms with Gasteiger partial charge in [0.25, 0.3) is 0 Å². The Kier molecular flexibility index (Phi) is 7.99. The van der Waals surface area contributed by atoms with E-state index in [2.05, 4.69) is 20.9 Å². The normalized spacial score (nSPS) is 14.2. The lowest BCUT2D eigenvalue weighted by atomic mass is 10.1. The lowest BCUT2D eigenvalue weighted by Crippen LogP contribution is -2.45. The number of rotatable bonds is 9. The first-order valence-corrected chi connectivity index (χ1v) is 14.1. The highest BCUT2D eigenvalue weighted by atomic mass is 32.2. The Bertz CT molecular complexity index is 1490. The van der Waals surface area contributed by atoms with Crippen LogP contribution < -0.4 is 18.6 Å². The summed E-state index contributed by atoms with van der Waals surface area (Å²) in [5, 5.41) is 0. The van der Waals surface area contributed by atoms with Crippen molar-refractivity contribution in [2.45, 2.75) is 11.4 Å². The zero-order valence-corrected chi connectivity index (χ0v) is 22.8. The highest BCUT2D eigenvalue weighted by Crippen LogP contribution is 2.29. The molecule has 5 rings (SSSR count). The SMILES string of the molecule is COc1ccc(CN2CCN(c3ccc(OS(=O)(=O)c4ccc(-c5ccncc5)cc4)cc3)CC2)cc1OC. The molecule has 0 N–H and O–H groups in total.